The predicted molar refractivity (Wildman–Crippen MR) is 60.6 cm³/mol. The summed E-state index contributed by atoms with van der Waals surface area (Å²) in [6.07, 6.45) is 3.36. The highest BCUT2D eigenvalue weighted by atomic mass is 35.5. The molecule has 1 nitrogen and oxygen atoms in total. The van der Waals surface area contributed by atoms with Crippen LogP contribution in [0.2, 0.25) is 5.02 Å². The quantitative estimate of drug-likeness (QED) is 0.755. The molecular weight excluding hydrogens is 194 g/mol. The molecule has 76 valence electrons. The largest absolute Gasteiger partial charge is 0.321 e. The molecule has 0 aromatic heterocycles. The van der Waals surface area contributed by atoms with Gasteiger partial charge in [0.1, 0.15) is 0 Å². The highest BCUT2D eigenvalue weighted by Gasteiger charge is 2.37. The molecule has 1 fully saturated rings. The zero-order valence-electron chi connectivity index (χ0n) is 8.73. The van der Waals surface area contributed by atoms with Crippen LogP contribution in [0.5, 0.6) is 0 Å². The molecule has 1 saturated carbocycles. The fourth-order valence-electron chi connectivity index (χ4n) is 2.20. The third-order valence-corrected chi connectivity index (χ3v) is 3.74. The van der Waals surface area contributed by atoms with Gasteiger partial charge in [-0.1, -0.05) is 17.7 Å². The maximum Gasteiger partial charge on any atom is 0.0459 e. The maximum absolute atomic E-state index is 6.31. The van der Waals surface area contributed by atoms with Gasteiger partial charge in [-0.05, 0) is 55.9 Å². The summed E-state index contributed by atoms with van der Waals surface area (Å²) >= 11 is 6.22. The van der Waals surface area contributed by atoms with Gasteiger partial charge < -0.3 is 5.73 Å². The molecule has 1 aromatic carbocycles. The van der Waals surface area contributed by atoms with E-state index >= 15 is 0 Å². The molecule has 0 spiro atoms. The summed E-state index contributed by atoms with van der Waals surface area (Å²) in [5.41, 5.74) is 9.88. The van der Waals surface area contributed by atoms with Gasteiger partial charge in [0.15, 0.2) is 0 Å². The van der Waals surface area contributed by atoms with Crippen LogP contribution in [0.25, 0.3) is 0 Å². The second-order valence-corrected chi connectivity index (χ2v) is 4.78. The van der Waals surface area contributed by atoms with E-state index in [4.69, 9.17) is 17.3 Å². The number of hydrogen-bond acceptors (Lipinski definition) is 1. The molecule has 0 saturated heterocycles. The summed E-state index contributed by atoms with van der Waals surface area (Å²) in [6.45, 7) is 4.22. The summed E-state index contributed by atoms with van der Waals surface area (Å²) in [4.78, 5) is 0. The summed E-state index contributed by atoms with van der Waals surface area (Å²) in [5, 5.41) is 0.829. The molecule has 2 N–H and O–H groups in total. The van der Waals surface area contributed by atoms with E-state index in [1.165, 1.54) is 23.1 Å². The fraction of sp³-hybridized carbons (Fsp3) is 0.500. The normalized spacial score (nSPS) is 19.1. The zero-order valence-corrected chi connectivity index (χ0v) is 9.49. The standard InChI is InChI=1S/C12H16ClN/c1-8-4-5-10(13)11(9(8)2)12(14)6-3-7-12/h4-5H,3,6-7,14H2,1-2H3. The van der Waals surface area contributed by atoms with E-state index in [0.29, 0.717) is 0 Å². The van der Waals surface area contributed by atoms with Crippen LogP contribution < -0.4 is 5.73 Å². The van der Waals surface area contributed by atoms with Crippen LogP contribution in [0.1, 0.15) is 36.0 Å². The number of aryl methyl sites for hydroxylation is 1. The van der Waals surface area contributed by atoms with Gasteiger partial charge in [-0.3, -0.25) is 0 Å². The Kier molecular flexibility index (Phi) is 2.32. The van der Waals surface area contributed by atoms with Crippen molar-refractivity contribution in [3.05, 3.63) is 33.8 Å². The lowest BCUT2D eigenvalue weighted by atomic mass is 9.71. The van der Waals surface area contributed by atoms with E-state index in [0.717, 1.165) is 17.9 Å². The summed E-state index contributed by atoms with van der Waals surface area (Å²) in [7, 11) is 0. The van der Waals surface area contributed by atoms with Crippen molar-refractivity contribution in [2.75, 3.05) is 0 Å². The summed E-state index contributed by atoms with van der Waals surface area (Å²) in [6, 6.07) is 4.02. The molecular formula is C12H16ClN. The minimum Gasteiger partial charge on any atom is -0.321 e. The number of rotatable bonds is 1. The number of benzene rings is 1. The van der Waals surface area contributed by atoms with Crippen molar-refractivity contribution < 1.29 is 0 Å². The molecule has 1 aliphatic carbocycles. The van der Waals surface area contributed by atoms with Crippen LogP contribution in [0, 0.1) is 13.8 Å². The Morgan fingerprint density at radius 3 is 2.43 bits per heavy atom. The minimum atomic E-state index is -0.146. The monoisotopic (exact) mass is 209 g/mol. The van der Waals surface area contributed by atoms with Crippen molar-refractivity contribution in [3.63, 3.8) is 0 Å². The van der Waals surface area contributed by atoms with Crippen LogP contribution in [0.3, 0.4) is 0 Å². The smallest absolute Gasteiger partial charge is 0.0459 e. The molecule has 1 aromatic rings. The Hall–Kier alpha value is -0.530. The minimum absolute atomic E-state index is 0.146. The Labute approximate surface area is 90.3 Å². The molecule has 1 aliphatic rings. The lowest BCUT2D eigenvalue weighted by molar-refractivity contribution is 0.252. The van der Waals surface area contributed by atoms with Crippen molar-refractivity contribution in [2.24, 2.45) is 5.73 Å². The van der Waals surface area contributed by atoms with Crippen LogP contribution >= 0.6 is 11.6 Å². The van der Waals surface area contributed by atoms with Crippen molar-refractivity contribution in [3.8, 4) is 0 Å². The van der Waals surface area contributed by atoms with Gasteiger partial charge in [-0.15, -0.1) is 0 Å². The van der Waals surface area contributed by atoms with Crippen LogP contribution in [-0.4, -0.2) is 0 Å². The van der Waals surface area contributed by atoms with Crippen molar-refractivity contribution >= 4 is 11.6 Å². The molecule has 0 unspecified atom stereocenters. The zero-order chi connectivity index (χ0) is 10.3. The highest BCUT2D eigenvalue weighted by molar-refractivity contribution is 6.31. The first-order valence-electron chi connectivity index (χ1n) is 5.10. The first-order chi connectivity index (χ1) is 6.54. The lowest BCUT2D eigenvalue weighted by Crippen LogP contribution is -2.44. The van der Waals surface area contributed by atoms with Gasteiger partial charge in [0, 0.05) is 10.6 Å². The van der Waals surface area contributed by atoms with E-state index in [2.05, 4.69) is 19.9 Å². The molecule has 0 atom stereocenters. The van der Waals surface area contributed by atoms with Gasteiger partial charge in [0.2, 0.25) is 0 Å². The van der Waals surface area contributed by atoms with E-state index in [1.807, 2.05) is 6.07 Å². The third kappa shape index (κ3) is 1.35. The maximum atomic E-state index is 6.31. The van der Waals surface area contributed by atoms with E-state index in [-0.39, 0.29) is 5.54 Å². The van der Waals surface area contributed by atoms with Gasteiger partial charge in [0.05, 0.1) is 0 Å². The second kappa shape index (κ2) is 3.25. The van der Waals surface area contributed by atoms with Crippen LogP contribution in [-0.2, 0) is 5.54 Å². The molecule has 14 heavy (non-hydrogen) atoms. The van der Waals surface area contributed by atoms with Gasteiger partial charge in [-0.2, -0.15) is 0 Å². The highest BCUT2D eigenvalue weighted by Crippen LogP contribution is 2.43. The lowest BCUT2D eigenvalue weighted by Gasteiger charge is -2.40. The SMILES string of the molecule is Cc1ccc(Cl)c(C2(N)CCC2)c1C. The van der Waals surface area contributed by atoms with Crippen molar-refractivity contribution in [1.82, 2.24) is 0 Å². The average Bonchev–Trinajstić information content (AvgIpc) is 2.09. The van der Waals surface area contributed by atoms with Gasteiger partial charge in [0.25, 0.3) is 0 Å². The molecule has 0 aliphatic heterocycles. The Morgan fingerprint density at radius 2 is 1.93 bits per heavy atom. The Balaban J connectivity index is 2.56. The molecule has 2 rings (SSSR count). The molecule has 0 heterocycles. The van der Waals surface area contributed by atoms with Crippen LogP contribution in [0.4, 0.5) is 0 Å². The van der Waals surface area contributed by atoms with E-state index in [1.54, 1.807) is 0 Å². The molecule has 0 radical (unpaired) electrons. The van der Waals surface area contributed by atoms with Gasteiger partial charge in [-0.25, -0.2) is 0 Å². The first-order valence-corrected chi connectivity index (χ1v) is 5.47. The molecule has 0 bridgehead atoms. The number of nitrogens with two attached hydrogens (primary N) is 1. The summed E-state index contributed by atoms with van der Waals surface area (Å²) in [5.74, 6) is 0. The molecule has 0 amide bonds. The van der Waals surface area contributed by atoms with Crippen LogP contribution in [0.15, 0.2) is 12.1 Å². The van der Waals surface area contributed by atoms with Crippen molar-refractivity contribution in [1.29, 1.82) is 0 Å². The Bertz CT molecular complexity index is 367. The molecule has 2 heteroatoms. The van der Waals surface area contributed by atoms with Crippen molar-refractivity contribution in [2.45, 2.75) is 38.6 Å². The average molecular weight is 210 g/mol. The number of hydrogen-bond donors (Lipinski definition) is 1. The summed E-state index contributed by atoms with van der Waals surface area (Å²) < 4.78 is 0. The van der Waals surface area contributed by atoms with E-state index < -0.39 is 0 Å². The third-order valence-electron chi connectivity index (χ3n) is 3.43. The first kappa shape index (κ1) is 10.0. The predicted octanol–water partition coefficient (Wildman–Crippen LogP) is 3.29. The van der Waals surface area contributed by atoms with Gasteiger partial charge >= 0.3 is 0 Å². The topological polar surface area (TPSA) is 26.0 Å². The number of halogens is 1. The fourth-order valence-corrected chi connectivity index (χ4v) is 2.59. The second-order valence-electron chi connectivity index (χ2n) is 4.37. The van der Waals surface area contributed by atoms with E-state index in [9.17, 15) is 0 Å². The Morgan fingerprint density at radius 1 is 1.29 bits per heavy atom.